The van der Waals surface area contributed by atoms with E-state index in [1.165, 1.54) is 6.07 Å². The molecule has 0 saturated carbocycles. The molecule has 0 aliphatic carbocycles. The third-order valence-corrected chi connectivity index (χ3v) is 3.85. The minimum atomic E-state index is -3.81. The van der Waals surface area contributed by atoms with Gasteiger partial charge in [-0.25, -0.2) is 13.6 Å². The number of carboxylic acid groups (broad SMARTS) is 1. The number of primary sulfonamides is 1. The molecule has 0 heterocycles. The summed E-state index contributed by atoms with van der Waals surface area (Å²) in [4.78, 5) is 12.5. The number of carbonyl (C=O) groups is 1. The molecule has 6 nitrogen and oxygen atoms in total. The average molecular weight is 300 g/mol. The highest BCUT2D eigenvalue weighted by atomic mass is 32.2. The van der Waals surface area contributed by atoms with Gasteiger partial charge in [0.1, 0.15) is 4.90 Å². The fourth-order valence-corrected chi connectivity index (χ4v) is 2.74. The number of anilines is 1. The summed E-state index contributed by atoms with van der Waals surface area (Å²) in [5, 5.41) is 13.9. The molecular formula is C13H20N2O4S. The zero-order chi connectivity index (χ0) is 15.3. The highest BCUT2D eigenvalue weighted by Crippen LogP contribution is 2.26. The lowest BCUT2D eigenvalue weighted by Gasteiger charge is -2.30. The highest BCUT2D eigenvalue weighted by molar-refractivity contribution is 7.89. The molecule has 0 fully saturated rings. The summed E-state index contributed by atoms with van der Waals surface area (Å²) < 4.78 is 23.2. The predicted octanol–water partition coefficient (Wildman–Crippen LogP) is 1.41. The lowest BCUT2D eigenvalue weighted by Crippen LogP contribution is -2.33. The first-order valence-electron chi connectivity index (χ1n) is 6.33. The van der Waals surface area contributed by atoms with Crippen molar-refractivity contribution in [1.29, 1.82) is 0 Å². The first-order valence-corrected chi connectivity index (χ1v) is 7.88. The number of nitrogens with two attached hydrogens (primary N) is 1. The van der Waals surface area contributed by atoms with Crippen molar-refractivity contribution < 1.29 is 18.3 Å². The number of sulfonamides is 1. The standard InChI is InChI=1S/C13H20N2O4S/c1-10(2)15(9-5-8-13(16)17)11-6-3-4-7-12(11)20(14,18)19/h3-4,6-7,10H,5,8-9H2,1-2H3,(H,16,17)(H2,14,18,19). The maximum Gasteiger partial charge on any atom is 0.303 e. The number of para-hydroxylation sites is 1. The second-order valence-corrected chi connectivity index (χ2v) is 6.33. The first-order chi connectivity index (χ1) is 9.23. The molecule has 0 atom stereocenters. The Hall–Kier alpha value is -1.60. The number of hydrogen-bond donors (Lipinski definition) is 2. The maximum absolute atomic E-state index is 11.6. The molecule has 1 rings (SSSR count). The summed E-state index contributed by atoms with van der Waals surface area (Å²) >= 11 is 0. The second kappa shape index (κ2) is 6.71. The normalized spacial score (nSPS) is 11.6. The summed E-state index contributed by atoms with van der Waals surface area (Å²) in [5.74, 6) is -0.867. The van der Waals surface area contributed by atoms with Gasteiger partial charge in [-0.1, -0.05) is 12.1 Å². The van der Waals surface area contributed by atoms with E-state index >= 15 is 0 Å². The van der Waals surface area contributed by atoms with Crippen LogP contribution in [0.1, 0.15) is 26.7 Å². The summed E-state index contributed by atoms with van der Waals surface area (Å²) in [7, 11) is -3.81. The molecule has 0 spiro atoms. The zero-order valence-electron chi connectivity index (χ0n) is 11.6. The topological polar surface area (TPSA) is 101 Å². The molecule has 0 aliphatic heterocycles. The lowest BCUT2D eigenvalue weighted by atomic mass is 10.2. The molecule has 7 heteroatoms. The highest BCUT2D eigenvalue weighted by Gasteiger charge is 2.20. The van der Waals surface area contributed by atoms with Gasteiger partial charge in [0.2, 0.25) is 10.0 Å². The van der Waals surface area contributed by atoms with Gasteiger partial charge in [0.05, 0.1) is 5.69 Å². The third-order valence-electron chi connectivity index (χ3n) is 2.89. The van der Waals surface area contributed by atoms with E-state index in [0.717, 1.165) is 0 Å². The van der Waals surface area contributed by atoms with Crippen LogP contribution in [0.15, 0.2) is 29.2 Å². The molecule has 0 aliphatic rings. The molecular weight excluding hydrogens is 280 g/mol. The van der Waals surface area contributed by atoms with Crippen molar-refractivity contribution in [2.75, 3.05) is 11.4 Å². The molecule has 112 valence electrons. The monoisotopic (exact) mass is 300 g/mol. The van der Waals surface area contributed by atoms with Crippen molar-refractivity contribution in [3.8, 4) is 0 Å². The lowest BCUT2D eigenvalue weighted by molar-refractivity contribution is -0.137. The number of rotatable bonds is 7. The Bertz CT molecular complexity index is 569. The summed E-state index contributed by atoms with van der Waals surface area (Å²) in [6, 6.07) is 6.51. The van der Waals surface area contributed by atoms with E-state index in [4.69, 9.17) is 10.2 Å². The number of carboxylic acids is 1. The van der Waals surface area contributed by atoms with Gasteiger partial charge in [0.25, 0.3) is 0 Å². The molecule has 0 aromatic heterocycles. The molecule has 0 saturated heterocycles. The average Bonchev–Trinajstić information content (AvgIpc) is 2.33. The van der Waals surface area contributed by atoms with Crippen LogP contribution >= 0.6 is 0 Å². The molecule has 3 N–H and O–H groups in total. The number of aliphatic carboxylic acids is 1. The molecule has 1 aromatic carbocycles. The smallest absolute Gasteiger partial charge is 0.303 e. The van der Waals surface area contributed by atoms with E-state index < -0.39 is 16.0 Å². The van der Waals surface area contributed by atoms with Crippen LogP contribution in [0.2, 0.25) is 0 Å². The van der Waals surface area contributed by atoms with Crippen LogP contribution in [0, 0.1) is 0 Å². The van der Waals surface area contributed by atoms with Crippen LogP contribution in [0.25, 0.3) is 0 Å². The molecule has 0 bridgehead atoms. The quantitative estimate of drug-likeness (QED) is 0.793. The van der Waals surface area contributed by atoms with Crippen LogP contribution in [-0.4, -0.2) is 32.1 Å². The van der Waals surface area contributed by atoms with Crippen LogP contribution in [0.3, 0.4) is 0 Å². The van der Waals surface area contributed by atoms with Crippen molar-refractivity contribution in [3.05, 3.63) is 24.3 Å². The fourth-order valence-electron chi connectivity index (χ4n) is 1.99. The number of benzene rings is 1. The third kappa shape index (κ3) is 4.50. The fraction of sp³-hybridized carbons (Fsp3) is 0.462. The minimum Gasteiger partial charge on any atom is -0.481 e. The Morgan fingerprint density at radius 3 is 2.45 bits per heavy atom. The zero-order valence-corrected chi connectivity index (χ0v) is 12.4. The van der Waals surface area contributed by atoms with Crippen molar-refractivity contribution in [2.24, 2.45) is 5.14 Å². The summed E-state index contributed by atoms with van der Waals surface area (Å²) in [6.45, 7) is 4.29. The van der Waals surface area contributed by atoms with Crippen molar-refractivity contribution in [3.63, 3.8) is 0 Å². The van der Waals surface area contributed by atoms with Gasteiger partial charge in [0, 0.05) is 19.0 Å². The summed E-state index contributed by atoms with van der Waals surface area (Å²) in [5.41, 5.74) is 0.510. The molecule has 0 amide bonds. The van der Waals surface area contributed by atoms with Crippen molar-refractivity contribution in [1.82, 2.24) is 0 Å². The molecule has 20 heavy (non-hydrogen) atoms. The van der Waals surface area contributed by atoms with Gasteiger partial charge < -0.3 is 10.0 Å². The summed E-state index contributed by atoms with van der Waals surface area (Å²) in [6.07, 6.45) is 0.479. The van der Waals surface area contributed by atoms with Crippen molar-refractivity contribution >= 4 is 21.7 Å². The molecule has 0 unspecified atom stereocenters. The predicted molar refractivity (Wildman–Crippen MR) is 77.2 cm³/mol. The van der Waals surface area contributed by atoms with E-state index in [1.54, 1.807) is 18.2 Å². The van der Waals surface area contributed by atoms with Gasteiger partial charge in [0.15, 0.2) is 0 Å². The number of nitrogens with zero attached hydrogens (tertiary/aromatic N) is 1. The van der Waals surface area contributed by atoms with Crippen molar-refractivity contribution in [2.45, 2.75) is 37.6 Å². The Morgan fingerprint density at radius 1 is 1.35 bits per heavy atom. The minimum absolute atomic E-state index is 0.0340. The second-order valence-electron chi connectivity index (χ2n) is 4.80. The largest absolute Gasteiger partial charge is 0.481 e. The number of hydrogen-bond acceptors (Lipinski definition) is 4. The van der Waals surface area contributed by atoms with Crippen LogP contribution in [-0.2, 0) is 14.8 Å². The van der Waals surface area contributed by atoms with Gasteiger partial charge in [-0.3, -0.25) is 4.79 Å². The Labute approximate surface area is 119 Å². The molecule has 0 radical (unpaired) electrons. The van der Waals surface area contributed by atoms with Gasteiger partial charge in [-0.2, -0.15) is 0 Å². The van der Waals surface area contributed by atoms with Crippen LogP contribution in [0.5, 0.6) is 0 Å². The SMILES string of the molecule is CC(C)N(CCCC(=O)O)c1ccccc1S(N)(=O)=O. The van der Waals surface area contributed by atoms with E-state index in [2.05, 4.69) is 0 Å². The van der Waals surface area contributed by atoms with Gasteiger partial charge in [-0.05, 0) is 32.4 Å². The van der Waals surface area contributed by atoms with E-state index in [9.17, 15) is 13.2 Å². The van der Waals surface area contributed by atoms with Crippen LogP contribution in [0.4, 0.5) is 5.69 Å². The van der Waals surface area contributed by atoms with E-state index in [-0.39, 0.29) is 17.4 Å². The Kier molecular flexibility index (Phi) is 5.52. The maximum atomic E-state index is 11.6. The Balaban J connectivity index is 3.07. The van der Waals surface area contributed by atoms with Gasteiger partial charge >= 0.3 is 5.97 Å². The van der Waals surface area contributed by atoms with E-state index in [1.807, 2.05) is 18.7 Å². The van der Waals surface area contributed by atoms with Crippen LogP contribution < -0.4 is 10.0 Å². The van der Waals surface area contributed by atoms with E-state index in [0.29, 0.717) is 18.7 Å². The molecule has 1 aromatic rings. The first kappa shape index (κ1) is 16.5. The Morgan fingerprint density at radius 2 is 1.95 bits per heavy atom. The van der Waals surface area contributed by atoms with Gasteiger partial charge in [-0.15, -0.1) is 0 Å².